The number of hydrogen-bond donors (Lipinski definition) is 1. The van der Waals surface area contributed by atoms with Crippen LogP contribution in [0.2, 0.25) is 0 Å². The molecule has 0 aromatic rings. The van der Waals surface area contributed by atoms with Gasteiger partial charge in [0.25, 0.3) is 0 Å². The van der Waals surface area contributed by atoms with E-state index in [2.05, 4.69) is 44.5 Å². The summed E-state index contributed by atoms with van der Waals surface area (Å²) in [6, 6.07) is 0.552. The van der Waals surface area contributed by atoms with Gasteiger partial charge < -0.3 is 10.2 Å². The maximum absolute atomic E-state index is 3.87. The molecule has 78 valence electrons. The Morgan fingerprint density at radius 3 is 2.31 bits per heavy atom. The zero-order valence-corrected chi connectivity index (χ0v) is 9.56. The fraction of sp³-hybridized carbons (Fsp3) is 0.818. The number of rotatable bonds is 7. The third-order valence-electron chi connectivity index (χ3n) is 2.18. The van der Waals surface area contributed by atoms with Crippen LogP contribution in [0.5, 0.6) is 0 Å². The topological polar surface area (TPSA) is 15.3 Å². The van der Waals surface area contributed by atoms with Gasteiger partial charge in [-0.05, 0) is 26.9 Å². The lowest BCUT2D eigenvalue weighted by molar-refractivity contribution is 0.273. The van der Waals surface area contributed by atoms with E-state index in [1.165, 1.54) is 5.57 Å². The second kappa shape index (κ2) is 7.10. The first kappa shape index (κ1) is 12.7. The van der Waals surface area contributed by atoms with Gasteiger partial charge in [0, 0.05) is 19.1 Å². The van der Waals surface area contributed by atoms with Crippen molar-refractivity contribution in [3.05, 3.63) is 12.2 Å². The Kier molecular flexibility index (Phi) is 6.92. The van der Waals surface area contributed by atoms with Gasteiger partial charge in [-0.1, -0.05) is 26.0 Å². The van der Waals surface area contributed by atoms with E-state index in [-0.39, 0.29) is 0 Å². The fourth-order valence-electron chi connectivity index (χ4n) is 1.28. The lowest BCUT2D eigenvalue weighted by Gasteiger charge is -2.23. The van der Waals surface area contributed by atoms with Crippen molar-refractivity contribution in [1.29, 1.82) is 0 Å². The van der Waals surface area contributed by atoms with Gasteiger partial charge in [-0.3, -0.25) is 0 Å². The third-order valence-corrected chi connectivity index (χ3v) is 2.18. The van der Waals surface area contributed by atoms with E-state index in [0.717, 1.165) is 26.2 Å². The van der Waals surface area contributed by atoms with Gasteiger partial charge in [0.15, 0.2) is 0 Å². The third kappa shape index (κ3) is 6.79. The minimum atomic E-state index is 0.552. The molecule has 2 nitrogen and oxygen atoms in total. The van der Waals surface area contributed by atoms with Crippen molar-refractivity contribution in [2.75, 3.05) is 26.2 Å². The first-order valence-electron chi connectivity index (χ1n) is 5.20. The first-order valence-corrected chi connectivity index (χ1v) is 5.20. The highest BCUT2D eigenvalue weighted by Gasteiger charge is 2.05. The summed E-state index contributed by atoms with van der Waals surface area (Å²) in [5, 5.41) is 3.44. The molecule has 2 heteroatoms. The lowest BCUT2D eigenvalue weighted by Crippen LogP contribution is -2.39. The lowest BCUT2D eigenvalue weighted by atomic mass is 10.2. The van der Waals surface area contributed by atoms with Crippen LogP contribution in [0.15, 0.2) is 12.2 Å². The summed E-state index contributed by atoms with van der Waals surface area (Å²) in [5.41, 5.74) is 1.20. The molecule has 0 heterocycles. The van der Waals surface area contributed by atoms with E-state index < -0.39 is 0 Å². The highest BCUT2D eigenvalue weighted by Crippen LogP contribution is 1.92. The molecule has 1 atom stereocenters. The maximum atomic E-state index is 3.87. The molecule has 0 aromatic carbocycles. The van der Waals surface area contributed by atoms with Crippen molar-refractivity contribution in [2.24, 2.45) is 0 Å². The fourth-order valence-corrected chi connectivity index (χ4v) is 1.28. The second-order valence-electron chi connectivity index (χ2n) is 3.72. The quantitative estimate of drug-likeness (QED) is 0.608. The Hall–Kier alpha value is -0.340. The van der Waals surface area contributed by atoms with E-state index >= 15 is 0 Å². The second-order valence-corrected chi connectivity index (χ2v) is 3.72. The van der Waals surface area contributed by atoms with Crippen molar-refractivity contribution in [3.63, 3.8) is 0 Å². The van der Waals surface area contributed by atoms with E-state index in [4.69, 9.17) is 0 Å². The smallest absolute Gasteiger partial charge is 0.0169 e. The van der Waals surface area contributed by atoms with Crippen LogP contribution in [0.4, 0.5) is 0 Å². The van der Waals surface area contributed by atoms with Crippen molar-refractivity contribution in [3.8, 4) is 0 Å². The molecule has 0 aliphatic carbocycles. The van der Waals surface area contributed by atoms with Gasteiger partial charge in [0.1, 0.15) is 0 Å². The van der Waals surface area contributed by atoms with Crippen molar-refractivity contribution >= 4 is 0 Å². The van der Waals surface area contributed by atoms with Crippen molar-refractivity contribution in [2.45, 2.75) is 33.7 Å². The molecule has 0 rings (SSSR count). The van der Waals surface area contributed by atoms with Gasteiger partial charge in [-0.25, -0.2) is 0 Å². The number of likely N-dealkylation sites (N-methyl/N-ethyl adjacent to an activating group) is 1. The first-order chi connectivity index (χ1) is 6.10. The molecule has 0 aliphatic heterocycles. The highest BCUT2D eigenvalue weighted by molar-refractivity contribution is 4.91. The van der Waals surface area contributed by atoms with E-state index in [1.807, 2.05) is 0 Å². The maximum Gasteiger partial charge on any atom is 0.0169 e. The minimum absolute atomic E-state index is 0.552. The molecule has 0 spiro atoms. The molecule has 1 N–H and O–H groups in total. The van der Waals surface area contributed by atoms with Crippen LogP contribution in [-0.4, -0.2) is 37.1 Å². The summed E-state index contributed by atoms with van der Waals surface area (Å²) in [6.45, 7) is 16.9. The molecule has 0 bridgehead atoms. The molecule has 1 unspecified atom stereocenters. The Morgan fingerprint density at radius 2 is 1.92 bits per heavy atom. The van der Waals surface area contributed by atoms with Crippen LogP contribution in [0.25, 0.3) is 0 Å². The SMILES string of the molecule is C=C(C)CNC(C)CN(CC)CC. The molecule has 0 saturated carbocycles. The van der Waals surface area contributed by atoms with Crippen LogP contribution in [0.1, 0.15) is 27.7 Å². The summed E-state index contributed by atoms with van der Waals surface area (Å²) in [7, 11) is 0. The van der Waals surface area contributed by atoms with Crippen LogP contribution in [0, 0.1) is 0 Å². The van der Waals surface area contributed by atoms with Crippen molar-refractivity contribution < 1.29 is 0 Å². The Morgan fingerprint density at radius 1 is 1.38 bits per heavy atom. The summed E-state index contributed by atoms with van der Waals surface area (Å²) >= 11 is 0. The molecule has 0 saturated heterocycles. The predicted octanol–water partition coefficient (Wildman–Crippen LogP) is 1.88. The Bertz CT molecular complexity index is 139. The molecule has 0 aliphatic rings. The zero-order chi connectivity index (χ0) is 10.3. The molecule has 0 fully saturated rings. The van der Waals surface area contributed by atoms with E-state index in [0.29, 0.717) is 6.04 Å². The molecule has 13 heavy (non-hydrogen) atoms. The summed E-state index contributed by atoms with van der Waals surface area (Å²) < 4.78 is 0. The van der Waals surface area contributed by atoms with Gasteiger partial charge in [-0.15, -0.1) is 0 Å². The predicted molar refractivity (Wildman–Crippen MR) is 60.1 cm³/mol. The standard InChI is InChI=1S/C11H24N2/c1-6-13(7-2)9-11(5)12-8-10(3)4/h11-12H,3,6-9H2,1-2,4-5H3. The van der Waals surface area contributed by atoms with E-state index in [9.17, 15) is 0 Å². The average Bonchev–Trinajstić information content (AvgIpc) is 2.10. The van der Waals surface area contributed by atoms with Crippen LogP contribution in [0.3, 0.4) is 0 Å². The van der Waals surface area contributed by atoms with Crippen LogP contribution < -0.4 is 5.32 Å². The Labute approximate surface area is 83.0 Å². The normalized spacial score (nSPS) is 13.3. The van der Waals surface area contributed by atoms with Crippen LogP contribution in [-0.2, 0) is 0 Å². The molecular weight excluding hydrogens is 160 g/mol. The zero-order valence-electron chi connectivity index (χ0n) is 9.56. The van der Waals surface area contributed by atoms with Gasteiger partial charge >= 0.3 is 0 Å². The minimum Gasteiger partial charge on any atom is -0.309 e. The number of nitrogens with one attached hydrogen (secondary N) is 1. The van der Waals surface area contributed by atoms with Gasteiger partial charge in [0.2, 0.25) is 0 Å². The van der Waals surface area contributed by atoms with E-state index in [1.54, 1.807) is 0 Å². The van der Waals surface area contributed by atoms with Gasteiger partial charge in [0.05, 0.1) is 0 Å². The summed E-state index contributed by atoms with van der Waals surface area (Å²) in [5.74, 6) is 0. The largest absolute Gasteiger partial charge is 0.309 e. The highest BCUT2D eigenvalue weighted by atomic mass is 15.1. The van der Waals surface area contributed by atoms with Gasteiger partial charge in [-0.2, -0.15) is 0 Å². The summed E-state index contributed by atoms with van der Waals surface area (Å²) in [4.78, 5) is 2.43. The molecule has 0 aromatic heterocycles. The molecular formula is C11H24N2. The molecule has 0 amide bonds. The van der Waals surface area contributed by atoms with Crippen LogP contribution >= 0.6 is 0 Å². The number of nitrogens with zero attached hydrogens (tertiary/aromatic N) is 1. The average molecular weight is 184 g/mol. The monoisotopic (exact) mass is 184 g/mol. The molecule has 0 radical (unpaired) electrons. The summed E-state index contributed by atoms with van der Waals surface area (Å²) in [6.07, 6.45) is 0. The Balaban J connectivity index is 3.59. The number of hydrogen-bond acceptors (Lipinski definition) is 2. The van der Waals surface area contributed by atoms with Crippen molar-refractivity contribution in [1.82, 2.24) is 10.2 Å².